The summed E-state index contributed by atoms with van der Waals surface area (Å²) < 4.78 is 65.6. The smallest absolute Gasteiger partial charge is 0.380 e. The van der Waals surface area contributed by atoms with Crippen LogP contribution in [0.25, 0.3) is 11.0 Å². The molecule has 2 heterocycles. The molecule has 0 saturated heterocycles. The first-order chi connectivity index (χ1) is 13.7. The standard InChI is InChI=1S/C20H22F3N3O3S/c1-18(2,13-5-4-6-15(7-13)30(3,28)29)11-19(27,20(21,22)23)9-14-8-16-17(26-14)10-24-12-25-16/h4-8,10,12,26-27H,9,11H2,1-3H3. The van der Waals surface area contributed by atoms with Gasteiger partial charge in [-0.2, -0.15) is 13.2 Å². The fraction of sp³-hybridized carbons (Fsp3) is 0.400. The fourth-order valence-corrected chi connectivity index (χ4v) is 4.25. The molecule has 0 saturated carbocycles. The number of alkyl halides is 3. The van der Waals surface area contributed by atoms with E-state index >= 15 is 0 Å². The summed E-state index contributed by atoms with van der Waals surface area (Å²) in [4.78, 5) is 10.6. The Bertz CT molecular complexity index is 1140. The predicted molar refractivity (Wildman–Crippen MR) is 106 cm³/mol. The van der Waals surface area contributed by atoms with Crippen molar-refractivity contribution < 1.29 is 26.7 Å². The highest BCUT2D eigenvalue weighted by molar-refractivity contribution is 7.90. The molecule has 3 rings (SSSR count). The zero-order valence-electron chi connectivity index (χ0n) is 16.7. The van der Waals surface area contributed by atoms with Crippen molar-refractivity contribution >= 4 is 20.9 Å². The molecule has 0 radical (unpaired) electrons. The van der Waals surface area contributed by atoms with Gasteiger partial charge in [-0.3, -0.25) is 0 Å². The molecule has 0 fully saturated rings. The van der Waals surface area contributed by atoms with E-state index in [2.05, 4.69) is 15.0 Å². The van der Waals surface area contributed by atoms with Crippen LogP contribution in [0.15, 0.2) is 47.8 Å². The average Bonchev–Trinajstić information content (AvgIpc) is 3.01. The van der Waals surface area contributed by atoms with Gasteiger partial charge in [0, 0.05) is 18.4 Å². The highest BCUT2D eigenvalue weighted by atomic mass is 32.2. The highest BCUT2D eigenvalue weighted by Gasteiger charge is 2.56. The number of H-pyrrole nitrogens is 1. The largest absolute Gasteiger partial charge is 0.417 e. The second-order valence-corrected chi connectivity index (χ2v) is 10.2. The normalized spacial score (nSPS) is 15.3. The quantitative estimate of drug-likeness (QED) is 0.610. The molecule has 1 aromatic carbocycles. The van der Waals surface area contributed by atoms with Crippen molar-refractivity contribution in [2.45, 2.75) is 48.8 Å². The van der Waals surface area contributed by atoms with Gasteiger partial charge in [0.1, 0.15) is 6.33 Å². The van der Waals surface area contributed by atoms with Crippen molar-refractivity contribution in [3.05, 3.63) is 54.1 Å². The molecule has 0 aliphatic carbocycles. The van der Waals surface area contributed by atoms with E-state index in [9.17, 15) is 26.7 Å². The molecule has 0 aliphatic rings. The van der Waals surface area contributed by atoms with Crippen LogP contribution in [0.4, 0.5) is 13.2 Å². The predicted octanol–water partition coefficient (Wildman–Crippen LogP) is 3.57. The molecule has 0 amide bonds. The number of fused-ring (bicyclic) bond motifs is 1. The van der Waals surface area contributed by atoms with E-state index in [0.717, 1.165) is 6.26 Å². The van der Waals surface area contributed by atoms with Crippen molar-refractivity contribution in [3.63, 3.8) is 0 Å². The summed E-state index contributed by atoms with van der Waals surface area (Å²) in [7, 11) is -3.52. The lowest BCUT2D eigenvalue weighted by molar-refractivity contribution is -0.266. The molecule has 2 N–H and O–H groups in total. The minimum absolute atomic E-state index is 0.0119. The zero-order valence-corrected chi connectivity index (χ0v) is 17.5. The van der Waals surface area contributed by atoms with E-state index in [4.69, 9.17) is 0 Å². The molecule has 1 atom stereocenters. The Labute approximate surface area is 172 Å². The Kier molecular flexibility index (Phi) is 5.44. The van der Waals surface area contributed by atoms with E-state index in [0.29, 0.717) is 16.6 Å². The number of sulfone groups is 1. The van der Waals surface area contributed by atoms with Crippen LogP contribution in [0.1, 0.15) is 31.5 Å². The lowest BCUT2D eigenvalue weighted by Gasteiger charge is -2.38. The van der Waals surface area contributed by atoms with Crippen LogP contribution in [-0.4, -0.2) is 46.5 Å². The first kappa shape index (κ1) is 22.2. The third-order valence-electron chi connectivity index (χ3n) is 5.14. The van der Waals surface area contributed by atoms with Crippen molar-refractivity contribution in [3.8, 4) is 0 Å². The van der Waals surface area contributed by atoms with E-state index in [1.54, 1.807) is 19.9 Å². The van der Waals surface area contributed by atoms with Gasteiger partial charge in [0.2, 0.25) is 0 Å². The van der Waals surface area contributed by atoms with E-state index < -0.39 is 39.9 Å². The maximum atomic E-state index is 14.0. The number of benzene rings is 1. The third-order valence-corrected chi connectivity index (χ3v) is 6.25. The lowest BCUT2D eigenvalue weighted by atomic mass is 9.73. The molecule has 0 aliphatic heterocycles. The molecule has 162 valence electrons. The first-order valence-electron chi connectivity index (χ1n) is 9.09. The molecule has 1 unspecified atom stereocenters. The van der Waals surface area contributed by atoms with Crippen LogP contribution < -0.4 is 0 Å². The SMILES string of the molecule is CC(C)(CC(O)(Cc1cc2ncncc2[nH]1)C(F)(F)F)c1cccc(S(C)(=O)=O)c1. The minimum Gasteiger partial charge on any atom is -0.380 e. The Morgan fingerprint density at radius 1 is 1.17 bits per heavy atom. The van der Waals surface area contributed by atoms with Crippen LogP contribution in [0, 0.1) is 0 Å². The average molecular weight is 441 g/mol. The molecule has 2 aromatic heterocycles. The third kappa shape index (κ3) is 4.49. The molecule has 30 heavy (non-hydrogen) atoms. The second kappa shape index (κ2) is 7.35. The summed E-state index contributed by atoms with van der Waals surface area (Å²) in [6.07, 6.45) is -2.53. The number of aromatic amines is 1. The number of hydrogen-bond acceptors (Lipinski definition) is 5. The molecule has 3 aromatic rings. The summed E-state index contributed by atoms with van der Waals surface area (Å²) in [5.74, 6) is 0. The summed E-state index contributed by atoms with van der Waals surface area (Å²) in [5, 5.41) is 10.8. The second-order valence-electron chi connectivity index (χ2n) is 8.18. The molecular formula is C20H22F3N3O3S. The van der Waals surface area contributed by atoms with Crippen LogP contribution in [-0.2, 0) is 21.7 Å². The van der Waals surface area contributed by atoms with Crippen LogP contribution >= 0.6 is 0 Å². The topological polar surface area (TPSA) is 95.9 Å². The molecular weight excluding hydrogens is 419 g/mol. The van der Waals surface area contributed by atoms with Gasteiger partial charge in [-0.25, -0.2) is 18.4 Å². The van der Waals surface area contributed by atoms with E-state index in [1.807, 2.05) is 0 Å². The number of aliphatic hydroxyl groups is 1. The summed E-state index contributed by atoms with van der Waals surface area (Å²) in [6, 6.07) is 7.23. The van der Waals surface area contributed by atoms with Gasteiger partial charge in [-0.1, -0.05) is 26.0 Å². The van der Waals surface area contributed by atoms with Gasteiger partial charge in [-0.05, 0) is 35.6 Å². The van der Waals surface area contributed by atoms with Crippen molar-refractivity contribution in [1.29, 1.82) is 0 Å². The maximum absolute atomic E-state index is 14.0. The number of aromatic nitrogens is 3. The Hall–Kier alpha value is -2.46. The van der Waals surface area contributed by atoms with Crippen LogP contribution in [0.2, 0.25) is 0 Å². The molecule has 10 heteroatoms. The summed E-state index contributed by atoms with van der Waals surface area (Å²) in [6.45, 7) is 3.09. The fourth-order valence-electron chi connectivity index (χ4n) is 3.58. The Morgan fingerprint density at radius 2 is 1.87 bits per heavy atom. The van der Waals surface area contributed by atoms with Crippen molar-refractivity contribution in [2.24, 2.45) is 0 Å². The van der Waals surface area contributed by atoms with Gasteiger partial charge < -0.3 is 10.1 Å². The van der Waals surface area contributed by atoms with Crippen molar-refractivity contribution in [1.82, 2.24) is 15.0 Å². The lowest BCUT2D eigenvalue weighted by Crippen LogP contribution is -2.50. The van der Waals surface area contributed by atoms with Crippen LogP contribution in [0.3, 0.4) is 0 Å². The van der Waals surface area contributed by atoms with Gasteiger partial charge >= 0.3 is 6.18 Å². The van der Waals surface area contributed by atoms with Gasteiger partial charge in [0.05, 0.1) is 22.1 Å². The van der Waals surface area contributed by atoms with Gasteiger partial charge in [0.15, 0.2) is 15.4 Å². The minimum atomic E-state index is -4.91. The number of nitrogens with one attached hydrogen (secondary N) is 1. The monoisotopic (exact) mass is 441 g/mol. The number of nitrogens with zero attached hydrogens (tertiary/aromatic N) is 2. The van der Waals surface area contributed by atoms with Gasteiger partial charge in [-0.15, -0.1) is 0 Å². The maximum Gasteiger partial charge on any atom is 0.417 e. The number of halogens is 3. The molecule has 0 spiro atoms. The van der Waals surface area contributed by atoms with E-state index in [1.165, 1.54) is 36.8 Å². The molecule has 6 nitrogen and oxygen atoms in total. The van der Waals surface area contributed by atoms with E-state index in [-0.39, 0.29) is 10.6 Å². The zero-order chi connectivity index (χ0) is 22.4. The van der Waals surface area contributed by atoms with Crippen molar-refractivity contribution in [2.75, 3.05) is 6.26 Å². The van der Waals surface area contributed by atoms with Gasteiger partial charge in [0.25, 0.3) is 0 Å². The Morgan fingerprint density at radius 3 is 2.47 bits per heavy atom. The summed E-state index contributed by atoms with van der Waals surface area (Å²) in [5.41, 5.74) is -2.74. The van der Waals surface area contributed by atoms with Crippen LogP contribution in [0.5, 0.6) is 0 Å². The molecule has 0 bridgehead atoms. The summed E-state index contributed by atoms with van der Waals surface area (Å²) >= 11 is 0. The number of rotatable bonds is 6. The Balaban J connectivity index is 1.97. The first-order valence-corrected chi connectivity index (χ1v) is 11.0. The number of hydrogen-bond donors (Lipinski definition) is 2. The highest BCUT2D eigenvalue weighted by Crippen LogP contribution is 2.43.